The third-order valence-electron chi connectivity index (χ3n) is 3.14. The molecule has 0 N–H and O–H groups in total. The van der Waals surface area contributed by atoms with E-state index in [0.717, 1.165) is 11.3 Å². The molecule has 0 amide bonds. The van der Waals surface area contributed by atoms with Gasteiger partial charge in [-0.1, -0.05) is 38.0 Å². The number of unbranched alkanes of at least 4 members (excludes halogenated alkanes) is 1. The van der Waals surface area contributed by atoms with E-state index >= 15 is 0 Å². The van der Waals surface area contributed by atoms with Gasteiger partial charge in [0.05, 0.1) is 0 Å². The first-order valence-electron chi connectivity index (χ1n) is 6.65. The predicted octanol–water partition coefficient (Wildman–Crippen LogP) is 4.62. The third-order valence-corrected chi connectivity index (χ3v) is 5.45. The summed E-state index contributed by atoms with van der Waals surface area (Å²) in [5, 5.41) is 2.32. The van der Waals surface area contributed by atoms with Gasteiger partial charge in [0.25, 0.3) is 0 Å². The molecule has 0 spiro atoms. The lowest BCUT2D eigenvalue weighted by Gasteiger charge is -2.24. The molecule has 96 valence electrons. The van der Waals surface area contributed by atoms with Crippen LogP contribution in [0.5, 0.6) is 5.88 Å². The Morgan fingerprint density at radius 1 is 1.17 bits per heavy atom. The lowest BCUT2D eigenvalue weighted by Crippen LogP contribution is -2.34. The van der Waals surface area contributed by atoms with Crippen molar-refractivity contribution in [3.63, 3.8) is 0 Å². The fourth-order valence-corrected chi connectivity index (χ4v) is 4.08. The molecule has 0 fully saturated rings. The zero-order valence-corrected chi connectivity index (χ0v) is 12.4. The highest BCUT2D eigenvalue weighted by Crippen LogP contribution is 2.26. The van der Waals surface area contributed by atoms with E-state index in [1.165, 1.54) is 24.3 Å². The summed E-state index contributed by atoms with van der Waals surface area (Å²) in [6.07, 6.45) is 4.30. The van der Waals surface area contributed by atoms with Gasteiger partial charge in [0.1, 0.15) is 0 Å². The molecular formula is C15H21NOSi. The van der Waals surface area contributed by atoms with E-state index in [1.807, 2.05) is 24.4 Å². The minimum absolute atomic E-state index is 0.806. The second-order valence-corrected chi connectivity index (χ2v) is 9.53. The van der Waals surface area contributed by atoms with Gasteiger partial charge in [-0.05, 0) is 36.7 Å². The zero-order valence-electron chi connectivity index (χ0n) is 11.4. The standard InChI is InChI=1S/C15H21NOSi/c1-4-5-12-18(2,3)17-15-14-9-7-6-8-13(14)10-11-16-15/h6-11H,4-5,12H2,1-3H3. The summed E-state index contributed by atoms with van der Waals surface area (Å²) in [6.45, 7) is 6.76. The molecule has 0 atom stereocenters. The van der Waals surface area contributed by atoms with Gasteiger partial charge >= 0.3 is 0 Å². The molecule has 1 heterocycles. The molecule has 18 heavy (non-hydrogen) atoms. The van der Waals surface area contributed by atoms with Crippen molar-refractivity contribution < 1.29 is 4.43 Å². The Kier molecular flexibility index (Phi) is 4.02. The van der Waals surface area contributed by atoms with Gasteiger partial charge in [0, 0.05) is 11.6 Å². The first kappa shape index (κ1) is 13.1. The van der Waals surface area contributed by atoms with Crippen molar-refractivity contribution in [3.8, 4) is 5.88 Å². The van der Waals surface area contributed by atoms with Crippen LogP contribution in [-0.2, 0) is 0 Å². The van der Waals surface area contributed by atoms with Crippen molar-refractivity contribution in [2.45, 2.75) is 38.9 Å². The predicted molar refractivity (Wildman–Crippen MR) is 79.6 cm³/mol. The Hall–Kier alpha value is -1.35. The molecule has 0 aliphatic carbocycles. The second-order valence-electron chi connectivity index (χ2n) is 5.30. The molecule has 0 saturated carbocycles. The summed E-state index contributed by atoms with van der Waals surface area (Å²) < 4.78 is 6.24. The van der Waals surface area contributed by atoms with Crippen molar-refractivity contribution in [1.29, 1.82) is 0 Å². The molecule has 1 aromatic carbocycles. The average Bonchev–Trinajstić information content (AvgIpc) is 2.37. The second kappa shape index (κ2) is 5.53. The first-order chi connectivity index (χ1) is 8.62. The van der Waals surface area contributed by atoms with Crippen molar-refractivity contribution >= 4 is 19.1 Å². The van der Waals surface area contributed by atoms with E-state index in [-0.39, 0.29) is 0 Å². The fraction of sp³-hybridized carbons (Fsp3) is 0.400. The van der Waals surface area contributed by atoms with Gasteiger partial charge in [-0.2, -0.15) is 0 Å². The number of rotatable bonds is 5. The quantitative estimate of drug-likeness (QED) is 0.731. The molecule has 1 aromatic heterocycles. The van der Waals surface area contributed by atoms with Crippen LogP contribution in [0.1, 0.15) is 19.8 Å². The summed E-state index contributed by atoms with van der Waals surface area (Å²) in [5.41, 5.74) is 0. The van der Waals surface area contributed by atoms with Crippen LogP contribution in [0.15, 0.2) is 36.5 Å². The highest BCUT2D eigenvalue weighted by Gasteiger charge is 2.24. The molecule has 0 saturated heterocycles. The van der Waals surface area contributed by atoms with Crippen molar-refractivity contribution in [2.75, 3.05) is 0 Å². The maximum atomic E-state index is 6.24. The molecule has 2 rings (SSSR count). The highest BCUT2D eigenvalue weighted by molar-refractivity contribution is 6.71. The zero-order chi connectivity index (χ0) is 13.0. The minimum Gasteiger partial charge on any atom is -0.531 e. The topological polar surface area (TPSA) is 22.1 Å². The molecule has 0 unspecified atom stereocenters. The minimum atomic E-state index is -1.64. The number of hydrogen-bond acceptors (Lipinski definition) is 2. The van der Waals surface area contributed by atoms with Crippen LogP contribution in [0.4, 0.5) is 0 Å². The van der Waals surface area contributed by atoms with Crippen LogP contribution in [0, 0.1) is 0 Å². The molecule has 0 aliphatic rings. The van der Waals surface area contributed by atoms with E-state index in [4.69, 9.17) is 4.43 Å². The van der Waals surface area contributed by atoms with Crippen LogP contribution in [-0.4, -0.2) is 13.3 Å². The number of hydrogen-bond donors (Lipinski definition) is 0. The maximum Gasteiger partial charge on any atom is 0.247 e. The molecule has 0 radical (unpaired) electrons. The van der Waals surface area contributed by atoms with E-state index in [1.54, 1.807) is 0 Å². The number of fused-ring (bicyclic) bond motifs is 1. The van der Waals surface area contributed by atoms with Crippen molar-refractivity contribution in [3.05, 3.63) is 36.5 Å². The Morgan fingerprint density at radius 2 is 1.94 bits per heavy atom. The Balaban J connectivity index is 2.26. The van der Waals surface area contributed by atoms with E-state index in [0.29, 0.717) is 0 Å². The van der Waals surface area contributed by atoms with E-state index in [2.05, 4.69) is 37.1 Å². The van der Waals surface area contributed by atoms with Gasteiger partial charge in [0.15, 0.2) is 0 Å². The van der Waals surface area contributed by atoms with E-state index in [9.17, 15) is 0 Å². The summed E-state index contributed by atoms with van der Waals surface area (Å²) in [4.78, 5) is 4.41. The maximum absolute atomic E-state index is 6.24. The Morgan fingerprint density at radius 3 is 2.72 bits per heavy atom. The van der Waals surface area contributed by atoms with Gasteiger partial charge in [0.2, 0.25) is 14.2 Å². The SMILES string of the molecule is CCCC[Si](C)(C)Oc1nccc2ccccc12. The van der Waals surface area contributed by atoms with Crippen molar-refractivity contribution in [1.82, 2.24) is 4.98 Å². The molecular weight excluding hydrogens is 238 g/mol. The number of benzene rings is 1. The fourth-order valence-electron chi connectivity index (χ4n) is 2.09. The van der Waals surface area contributed by atoms with Crippen LogP contribution < -0.4 is 4.43 Å². The first-order valence-corrected chi connectivity index (χ1v) is 9.77. The molecule has 0 bridgehead atoms. The highest BCUT2D eigenvalue weighted by atomic mass is 28.4. The van der Waals surface area contributed by atoms with Crippen LogP contribution in [0.25, 0.3) is 10.8 Å². The lowest BCUT2D eigenvalue weighted by molar-refractivity contribution is 0.527. The third kappa shape index (κ3) is 3.10. The Labute approximate surface area is 110 Å². The average molecular weight is 259 g/mol. The molecule has 2 aromatic rings. The lowest BCUT2D eigenvalue weighted by atomic mass is 10.2. The summed E-state index contributed by atoms with van der Waals surface area (Å²) >= 11 is 0. The van der Waals surface area contributed by atoms with Gasteiger partial charge < -0.3 is 4.43 Å². The largest absolute Gasteiger partial charge is 0.531 e. The molecule has 3 heteroatoms. The summed E-state index contributed by atoms with van der Waals surface area (Å²) in [7, 11) is -1.64. The summed E-state index contributed by atoms with van der Waals surface area (Å²) in [5.74, 6) is 0.806. The monoisotopic (exact) mass is 259 g/mol. The molecule has 0 aliphatic heterocycles. The number of nitrogens with zero attached hydrogens (tertiary/aromatic N) is 1. The smallest absolute Gasteiger partial charge is 0.247 e. The number of pyridine rings is 1. The van der Waals surface area contributed by atoms with E-state index < -0.39 is 8.32 Å². The molecule has 2 nitrogen and oxygen atoms in total. The van der Waals surface area contributed by atoms with Crippen molar-refractivity contribution in [2.24, 2.45) is 0 Å². The van der Waals surface area contributed by atoms with Gasteiger partial charge in [-0.25, -0.2) is 4.98 Å². The normalized spacial score (nSPS) is 11.7. The van der Waals surface area contributed by atoms with Crippen LogP contribution >= 0.6 is 0 Å². The van der Waals surface area contributed by atoms with Gasteiger partial charge in [-0.3, -0.25) is 0 Å². The summed E-state index contributed by atoms with van der Waals surface area (Å²) in [6, 6.07) is 11.5. The Bertz CT molecular complexity index is 519. The number of aromatic nitrogens is 1. The van der Waals surface area contributed by atoms with Crippen LogP contribution in [0.3, 0.4) is 0 Å². The van der Waals surface area contributed by atoms with Crippen LogP contribution in [0.2, 0.25) is 19.1 Å². The van der Waals surface area contributed by atoms with Gasteiger partial charge in [-0.15, -0.1) is 0 Å².